The number of fused-ring (bicyclic) bond motifs is 1. The smallest absolute Gasteiger partial charge is 0.231 e. The predicted molar refractivity (Wildman–Crippen MR) is 85.3 cm³/mol. The number of aryl methyl sites for hydroxylation is 1. The minimum absolute atomic E-state index is 0.243. The van der Waals surface area contributed by atoms with Crippen molar-refractivity contribution in [2.45, 2.75) is 13.5 Å². The van der Waals surface area contributed by atoms with Crippen LogP contribution in [-0.4, -0.2) is 13.9 Å². The number of nitrogens with one attached hydrogen (secondary N) is 1. The molecule has 0 saturated heterocycles. The van der Waals surface area contributed by atoms with E-state index in [1.165, 1.54) is 5.56 Å². The Morgan fingerprint density at radius 3 is 2.90 bits per heavy atom. The van der Waals surface area contributed by atoms with E-state index in [0.717, 1.165) is 21.5 Å². The number of ether oxygens (including phenoxy) is 3. The predicted octanol–water partition coefficient (Wildman–Crippen LogP) is 4.11. The lowest BCUT2D eigenvalue weighted by molar-refractivity contribution is 0.171. The Hall–Kier alpha value is -1.88. The van der Waals surface area contributed by atoms with Crippen molar-refractivity contribution in [2.75, 3.05) is 19.2 Å². The lowest BCUT2D eigenvalue weighted by atomic mass is 10.1. The highest BCUT2D eigenvalue weighted by Gasteiger charge is 2.19. The largest absolute Gasteiger partial charge is 0.493 e. The van der Waals surface area contributed by atoms with Crippen molar-refractivity contribution in [1.29, 1.82) is 0 Å². The number of benzene rings is 2. The van der Waals surface area contributed by atoms with Crippen LogP contribution in [0.3, 0.4) is 0 Å². The quantitative estimate of drug-likeness (QED) is 0.901. The molecule has 1 aliphatic heterocycles. The Morgan fingerprint density at radius 1 is 1.24 bits per heavy atom. The van der Waals surface area contributed by atoms with Gasteiger partial charge in [-0.3, -0.25) is 0 Å². The molecule has 0 radical (unpaired) electrons. The summed E-state index contributed by atoms with van der Waals surface area (Å²) in [5.41, 5.74) is 3.38. The van der Waals surface area contributed by atoms with Crippen LogP contribution in [0.2, 0.25) is 0 Å². The summed E-state index contributed by atoms with van der Waals surface area (Å²) in [4.78, 5) is 0. The second-order valence-electron chi connectivity index (χ2n) is 4.84. The fourth-order valence-corrected chi connectivity index (χ4v) is 2.63. The zero-order valence-corrected chi connectivity index (χ0v) is 13.5. The molecule has 0 unspecified atom stereocenters. The van der Waals surface area contributed by atoms with Gasteiger partial charge < -0.3 is 19.5 Å². The highest BCUT2D eigenvalue weighted by atomic mass is 79.9. The molecule has 0 saturated carbocycles. The minimum atomic E-state index is 0.243. The molecule has 0 amide bonds. The van der Waals surface area contributed by atoms with E-state index < -0.39 is 0 Å². The van der Waals surface area contributed by atoms with Gasteiger partial charge in [0, 0.05) is 16.7 Å². The molecule has 4 nitrogen and oxygen atoms in total. The summed E-state index contributed by atoms with van der Waals surface area (Å²) >= 11 is 3.49. The third-order valence-electron chi connectivity index (χ3n) is 3.40. The zero-order chi connectivity index (χ0) is 14.8. The summed E-state index contributed by atoms with van der Waals surface area (Å²) in [6, 6.07) is 10.1. The maximum Gasteiger partial charge on any atom is 0.231 e. The molecule has 0 bridgehead atoms. The molecule has 2 aromatic carbocycles. The fraction of sp³-hybridized carbons (Fsp3) is 0.250. The summed E-state index contributed by atoms with van der Waals surface area (Å²) in [7, 11) is 1.63. The van der Waals surface area contributed by atoms with Gasteiger partial charge in [-0.1, -0.05) is 22.0 Å². The van der Waals surface area contributed by atoms with E-state index in [9.17, 15) is 0 Å². The maximum atomic E-state index is 5.44. The van der Waals surface area contributed by atoms with Crippen LogP contribution in [0.4, 0.5) is 5.69 Å². The van der Waals surface area contributed by atoms with Gasteiger partial charge in [-0.2, -0.15) is 0 Å². The first-order chi connectivity index (χ1) is 10.2. The van der Waals surface area contributed by atoms with Gasteiger partial charge in [0.1, 0.15) is 0 Å². The second kappa shape index (κ2) is 5.85. The van der Waals surface area contributed by atoms with Gasteiger partial charge in [-0.15, -0.1) is 0 Å². The second-order valence-corrected chi connectivity index (χ2v) is 5.76. The zero-order valence-electron chi connectivity index (χ0n) is 11.9. The molecule has 1 heterocycles. The van der Waals surface area contributed by atoms with Crippen LogP contribution >= 0.6 is 15.9 Å². The van der Waals surface area contributed by atoms with Crippen molar-refractivity contribution in [3.8, 4) is 17.2 Å². The van der Waals surface area contributed by atoms with Crippen LogP contribution in [-0.2, 0) is 6.54 Å². The third kappa shape index (κ3) is 2.93. The Bertz CT molecular complexity index is 673. The molecule has 0 fully saturated rings. The molecule has 2 aromatic rings. The molecule has 1 N–H and O–H groups in total. The lowest BCUT2D eigenvalue weighted by Crippen LogP contribution is -2.01. The molecule has 0 spiro atoms. The molecule has 1 aliphatic rings. The molecule has 3 rings (SSSR count). The lowest BCUT2D eigenvalue weighted by Gasteiger charge is -2.12. The van der Waals surface area contributed by atoms with Crippen molar-refractivity contribution in [1.82, 2.24) is 0 Å². The van der Waals surface area contributed by atoms with E-state index >= 15 is 0 Å². The molecule has 0 aromatic heterocycles. The summed E-state index contributed by atoms with van der Waals surface area (Å²) in [6.45, 7) is 3.01. The molecule has 110 valence electrons. The minimum Gasteiger partial charge on any atom is -0.493 e. The number of hydrogen-bond acceptors (Lipinski definition) is 4. The highest BCUT2D eigenvalue weighted by Crippen LogP contribution is 2.41. The van der Waals surface area contributed by atoms with E-state index in [2.05, 4.69) is 40.3 Å². The summed E-state index contributed by atoms with van der Waals surface area (Å²) in [5.74, 6) is 2.12. The van der Waals surface area contributed by atoms with E-state index in [4.69, 9.17) is 14.2 Å². The average Bonchev–Trinajstić information content (AvgIpc) is 2.95. The van der Waals surface area contributed by atoms with Gasteiger partial charge in [0.2, 0.25) is 12.5 Å². The van der Waals surface area contributed by atoms with E-state index in [1.807, 2.05) is 18.2 Å². The molecule has 0 aliphatic carbocycles. The van der Waals surface area contributed by atoms with Crippen LogP contribution in [0.25, 0.3) is 0 Å². The van der Waals surface area contributed by atoms with Gasteiger partial charge >= 0.3 is 0 Å². The Kier molecular flexibility index (Phi) is 3.92. The van der Waals surface area contributed by atoms with Crippen molar-refractivity contribution < 1.29 is 14.2 Å². The van der Waals surface area contributed by atoms with Crippen LogP contribution in [0.15, 0.2) is 34.8 Å². The Balaban J connectivity index is 1.81. The topological polar surface area (TPSA) is 39.7 Å². The SMILES string of the molecule is COc1cc(CNc2cc(Br)ccc2C)cc2c1OCO2. The Morgan fingerprint density at radius 2 is 2.10 bits per heavy atom. The van der Waals surface area contributed by atoms with Crippen molar-refractivity contribution in [3.63, 3.8) is 0 Å². The van der Waals surface area contributed by atoms with Crippen molar-refractivity contribution in [2.24, 2.45) is 0 Å². The van der Waals surface area contributed by atoms with Gasteiger partial charge in [0.25, 0.3) is 0 Å². The third-order valence-corrected chi connectivity index (χ3v) is 3.89. The standard InChI is InChI=1S/C16H16BrNO3/c1-10-3-4-12(17)7-13(10)18-8-11-5-14(19-2)16-15(6-11)20-9-21-16/h3-7,18H,8-9H2,1-2H3. The van der Waals surface area contributed by atoms with E-state index in [1.54, 1.807) is 7.11 Å². The van der Waals surface area contributed by atoms with Gasteiger partial charge in [0.15, 0.2) is 11.5 Å². The summed E-state index contributed by atoms with van der Waals surface area (Å²) < 4.78 is 17.2. The maximum absolute atomic E-state index is 5.44. The summed E-state index contributed by atoms with van der Waals surface area (Å²) in [5, 5.41) is 3.43. The normalized spacial score (nSPS) is 12.3. The first-order valence-electron chi connectivity index (χ1n) is 6.64. The van der Waals surface area contributed by atoms with Crippen LogP contribution in [0, 0.1) is 6.92 Å². The van der Waals surface area contributed by atoms with Gasteiger partial charge in [-0.25, -0.2) is 0 Å². The van der Waals surface area contributed by atoms with Gasteiger partial charge in [-0.05, 0) is 42.3 Å². The number of rotatable bonds is 4. The molecular weight excluding hydrogens is 334 g/mol. The molecule has 0 atom stereocenters. The first kappa shape index (κ1) is 14.1. The average molecular weight is 350 g/mol. The van der Waals surface area contributed by atoms with E-state index in [0.29, 0.717) is 18.0 Å². The van der Waals surface area contributed by atoms with Crippen molar-refractivity contribution in [3.05, 3.63) is 45.9 Å². The molecular formula is C16H16BrNO3. The van der Waals surface area contributed by atoms with Gasteiger partial charge in [0.05, 0.1) is 7.11 Å². The number of methoxy groups -OCH3 is 1. The van der Waals surface area contributed by atoms with Crippen LogP contribution < -0.4 is 19.5 Å². The first-order valence-corrected chi connectivity index (χ1v) is 7.43. The van der Waals surface area contributed by atoms with Crippen LogP contribution in [0.1, 0.15) is 11.1 Å². The highest BCUT2D eigenvalue weighted by molar-refractivity contribution is 9.10. The fourth-order valence-electron chi connectivity index (χ4n) is 2.27. The molecule has 5 heteroatoms. The summed E-state index contributed by atoms with van der Waals surface area (Å²) in [6.07, 6.45) is 0. The number of hydrogen-bond donors (Lipinski definition) is 1. The molecule has 21 heavy (non-hydrogen) atoms. The monoisotopic (exact) mass is 349 g/mol. The Labute approximate surface area is 132 Å². The number of halogens is 1. The van der Waals surface area contributed by atoms with Crippen molar-refractivity contribution >= 4 is 21.6 Å². The van der Waals surface area contributed by atoms with Crippen LogP contribution in [0.5, 0.6) is 17.2 Å². The van der Waals surface area contributed by atoms with E-state index in [-0.39, 0.29) is 6.79 Å². The number of anilines is 1.